The summed E-state index contributed by atoms with van der Waals surface area (Å²) in [5.74, 6) is 0.600. The van der Waals surface area contributed by atoms with Crippen molar-refractivity contribution >= 4 is 46.6 Å². The first-order chi connectivity index (χ1) is 8.45. The molecule has 0 saturated heterocycles. The van der Waals surface area contributed by atoms with Gasteiger partial charge in [0.25, 0.3) is 0 Å². The number of anilines is 1. The lowest BCUT2D eigenvalue weighted by Crippen LogP contribution is -2.36. The molecule has 0 saturated carbocycles. The SMILES string of the molecule is CSCC[C@@H](N)C(=O)Nc1cc(Cl)c(C)cc1Cl. The molecule has 1 amide bonds. The van der Waals surface area contributed by atoms with Gasteiger partial charge < -0.3 is 11.1 Å². The van der Waals surface area contributed by atoms with E-state index in [0.717, 1.165) is 11.3 Å². The van der Waals surface area contributed by atoms with Crippen LogP contribution >= 0.6 is 35.0 Å². The summed E-state index contributed by atoms with van der Waals surface area (Å²) in [6.07, 6.45) is 2.60. The van der Waals surface area contributed by atoms with Gasteiger partial charge in [-0.1, -0.05) is 23.2 Å². The minimum Gasteiger partial charge on any atom is -0.323 e. The van der Waals surface area contributed by atoms with Crippen molar-refractivity contribution in [1.29, 1.82) is 0 Å². The number of aryl methyl sites for hydroxylation is 1. The smallest absolute Gasteiger partial charge is 0.241 e. The molecule has 1 atom stereocenters. The fourth-order valence-corrected chi connectivity index (χ4v) is 2.26. The number of rotatable bonds is 5. The summed E-state index contributed by atoms with van der Waals surface area (Å²) in [6, 6.07) is 2.82. The quantitative estimate of drug-likeness (QED) is 0.877. The van der Waals surface area contributed by atoms with Gasteiger partial charge in [-0.05, 0) is 43.0 Å². The van der Waals surface area contributed by atoms with Crippen LogP contribution in [0.2, 0.25) is 10.0 Å². The van der Waals surface area contributed by atoms with Gasteiger partial charge in [0.2, 0.25) is 5.91 Å². The average molecular weight is 307 g/mol. The molecule has 0 aromatic heterocycles. The third-order valence-electron chi connectivity index (χ3n) is 2.48. The van der Waals surface area contributed by atoms with Crippen LogP contribution in [0.3, 0.4) is 0 Å². The Bertz CT molecular complexity index is 440. The van der Waals surface area contributed by atoms with Crippen LogP contribution in [-0.4, -0.2) is 24.0 Å². The molecular weight excluding hydrogens is 291 g/mol. The average Bonchev–Trinajstić information content (AvgIpc) is 2.32. The molecule has 0 fully saturated rings. The Balaban J connectivity index is 2.72. The first kappa shape index (κ1) is 15.6. The number of nitrogens with two attached hydrogens (primary N) is 1. The van der Waals surface area contributed by atoms with Crippen LogP contribution in [0.5, 0.6) is 0 Å². The summed E-state index contributed by atoms with van der Waals surface area (Å²) >= 11 is 13.7. The highest BCUT2D eigenvalue weighted by Gasteiger charge is 2.15. The predicted octanol–water partition coefficient (Wildman–Crippen LogP) is 3.32. The number of carbonyl (C=O) groups is 1. The van der Waals surface area contributed by atoms with E-state index in [1.54, 1.807) is 23.9 Å². The molecule has 18 heavy (non-hydrogen) atoms. The van der Waals surface area contributed by atoms with Crippen molar-refractivity contribution in [3.8, 4) is 0 Å². The first-order valence-corrected chi connectivity index (χ1v) is 7.61. The highest BCUT2D eigenvalue weighted by atomic mass is 35.5. The van der Waals surface area contributed by atoms with E-state index < -0.39 is 6.04 Å². The minimum atomic E-state index is -0.534. The maximum atomic E-state index is 11.8. The van der Waals surface area contributed by atoms with E-state index >= 15 is 0 Å². The Morgan fingerprint density at radius 3 is 2.72 bits per heavy atom. The third kappa shape index (κ3) is 4.35. The van der Waals surface area contributed by atoms with E-state index in [-0.39, 0.29) is 5.91 Å². The van der Waals surface area contributed by atoms with Gasteiger partial charge in [0.15, 0.2) is 0 Å². The molecule has 0 bridgehead atoms. The first-order valence-electron chi connectivity index (χ1n) is 5.46. The van der Waals surface area contributed by atoms with Crippen molar-refractivity contribution < 1.29 is 4.79 Å². The van der Waals surface area contributed by atoms with Crippen LogP contribution in [0, 0.1) is 6.92 Å². The molecule has 1 aromatic rings. The van der Waals surface area contributed by atoms with E-state index in [4.69, 9.17) is 28.9 Å². The maximum Gasteiger partial charge on any atom is 0.241 e. The van der Waals surface area contributed by atoms with Crippen molar-refractivity contribution in [2.75, 3.05) is 17.3 Å². The lowest BCUT2D eigenvalue weighted by Gasteiger charge is -2.13. The molecule has 0 aliphatic carbocycles. The van der Waals surface area contributed by atoms with Crippen molar-refractivity contribution in [2.45, 2.75) is 19.4 Å². The number of hydrogen-bond acceptors (Lipinski definition) is 3. The Morgan fingerprint density at radius 1 is 1.44 bits per heavy atom. The molecule has 0 aliphatic heterocycles. The number of carbonyl (C=O) groups excluding carboxylic acids is 1. The van der Waals surface area contributed by atoms with Crippen LogP contribution < -0.4 is 11.1 Å². The number of nitrogens with one attached hydrogen (secondary N) is 1. The molecule has 100 valence electrons. The molecule has 0 heterocycles. The largest absolute Gasteiger partial charge is 0.323 e. The standard InChI is InChI=1S/C12H16Cl2N2OS/c1-7-5-9(14)11(6-8(7)13)16-12(17)10(15)3-4-18-2/h5-6,10H,3-4,15H2,1-2H3,(H,16,17)/t10-/m1/s1. The second-order valence-electron chi connectivity index (χ2n) is 3.96. The van der Waals surface area contributed by atoms with Crippen molar-refractivity contribution in [1.82, 2.24) is 0 Å². The topological polar surface area (TPSA) is 55.1 Å². The second-order valence-corrected chi connectivity index (χ2v) is 5.76. The minimum absolute atomic E-state index is 0.245. The normalized spacial score (nSPS) is 12.3. The summed E-state index contributed by atoms with van der Waals surface area (Å²) in [4.78, 5) is 11.8. The highest BCUT2D eigenvalue weighted by molar-refractivity contribution is 7.98. The molecule has 3 N–H and O–H groups in total. The predicted molar refractivity (Wildman–Crippen MR) is 80.8 cm³/mol. The van der Waals surface area contributed by atoms with E-state index in [0.29, 0.717) is 22.2 Å². The molecule has 1 rings (SSSR count). The van der Waals surface area contributed by atoms with E-state index in [1.165, 1.54) is 0 Å². The van der Waals surface area contributed by atoms with Gasteiger partial charge in [0, 0.05) is 5.02 Å². The van der Waals surface area contributed by atoms with Crippen LogP contribution in [0.1, 0.15) is 12.0 Å². The molecular formula is C12H16Cl2N2OS. The second kappa shape index (κ2) is 7.24. The maximum absolute atomic E-state index is 11.8. The number of halogens is 2. The molecule has 0 aliphatic rings. The number of benzene rings is 1. The number of hydrogen-bond donors (Lipinski definition) is 2. The summed E-state index contributed by atoms with van der Waals surface area (Å²) in [5, 5.41) is 3.72. The summed E-state index contributed by atoms with van der Waals surface area (Å²) in [5.41, 5.74) is 7.13. The van der Waals surface area contributed by atoms with Crippen molar-refractivity contribution in [3.63, 3.8) is 0 Å². The van der Waals surface area contributed by atoms with Crippen LogP contribution in [-0.2, 0) is 4.79 Å². The monoisotopic (exact) mass is 306 g/mol. The van der Waals surface area contributed by atoms with Gasteiger partial charge in [-0.2, -0.15) is 11.8 Å². The van der Waals surface area contributed by atoms with Crippen molar-refractivity contribution in [2.24, 2.45) is 5.73 Å². The lowest BCUT2D eigenvalue weighted by molar-refractivity contribution is -0.117. The molecule has 6 heteroatoms. The zero-order valence-corrected chi connectivity index (χ0v) is 12.6. The Hall–Kier alpha value is -0.420. The van der Waals surface area contributed by atoms with Crippen molar-refractivity contribution in [3.05, 3.63) is 27.7 Å². The number of thioether (sulfide) groups is 1. The van der Waals surface area contributed by atoms with Gasteiger partial charge in [-0.3, -0.25) is 4.79 Å². The Morgan fingerprint density at radius 2 is 2.11 bits per heavy atom. The van der Waals surface area contributed by atoms with E-state index in [2.05, 4.69) is 5.32 Å². The van der Waals surface area contributed by atoms with Gasteiger partial charge >= 0.3 is 0 Å². The summed E-state index contributed by atoms with van der Waals surface area (Å²) < 4.78 is 0. The van der Waals surface area contributed by atoms with E-state index in [9.17, 15) is 4.79 Å². The third-order valence-corrected chi connectivity index (χ3v) is 3.84. The lowest BCUT2D eigenvalue weighted by atomic mass is 10.2. The van der Waals surface area contributed by atoms with Crippen LogP contribution in [0.15, 0.2) is 12.1 Å². The molecule has 3 nitrogen and oxygen atoms in total. The Labute approximate surface area is 121 Å². The van der Waals surface area contributed by atoms with Crippen LogP contribution in [0.25, 0.3) is 0 Å². The van der Waals surface area contributed by atoms with Gasteiger partial charge in [-0.15, -0.1) is 0 Å². The number of amides is 1. The molecule has 1 aromatic carbocycles. The fraction of sp³-hybridized carbons (Fsp3) is 0.417. The zero-order valence-electron chi connectivity index (χ0n) is 10.3. The summed E-state index contributed by atoms with van der Waals surface area (Å²) in [6.45, 7) is 1.85. The molecule has 0 unspecified atom stereocenters. The fourth-order valence-electron chi connectivity index (χ4n) is 1.34. The summed E-state index contributed by atoms with van der Waals surface area (Å²) in [7, 11) is 0. The van der Waals surface area contributed by atoms with E-state index in [1.807, 2.05) is 13.2 Å². The van der Waals surface area contributed by atoms with Crippen LogP contribution in [0.4, 0.5) is 5.69 Å². The Kier molecular flexibility index (Phi) is 6.29. The van der Waals surface area contributed by atoms with Gasteiger partial charge in [0.05, 0.1) is 16.8 Å². The zero-order chi connectivity index (χ0) is 13.7. The van der Waals surface area contributed by atoms with Gasteiger partial charge in [0.1, 0.15) is 0 Å². The molecule has 0 radical (unpaired) electrons. The molecule has 0 spiro atoms. The van der Waals surface area contributed by atoms with Gasteiger partial charge in [-0.25, -0.2) is 0 Å². The highest BCUT2D eigenvalue weighted by Crippen LogP contribution is 2.28.